The van der Waals surface area contributed by atoms with E-state index in [1.807, 2.05) is 29.8 Å². The molecule has 1 heterocycles. The molecule has 1 saturated heterocycles. The number of amides is 1. The molecule has 5 heteroatoms. The zero-order valence-electron chi connectivity index (χ0n) is 11.5. The number of carboxylic acids is 1. The first kappa shape index (κ1) is 14.9. The van der Waals surface area contributed by atoms with Gasteiger partial charge in [-0.3, -0.25) is 4.79 Å². The first-order chi connectivity index (χ1) is 9.59. The maximum Gasteiger partial charge on any atom is 0.335 e. The van der Waals surface area contributed by atoms with Gasteiger partial charge in [-0.25, -0.2) is 4.79 Å². The maximum atomic E-state index is 12.2. The van der Waals surface area contributed by atoms with E-state index in [-0.39, 0.29) is 5.91 Å². The molecule has 1 unspecified atom stereocenters. The minimum atomic E-state index is -0.936. The average molecular weight is 293 g/mol. The second kappa shape index (κ2) is 6.79. The summed E-state index contributed by atoms with van der Waals surface area (Å²) in [6.45, 7) is 0. The quantitative estimate of drug-likeness (QED) is 0.905. The number of aromatic carboxylic acids is 1. The standard InChI is InChI=1S/C15H19NO3S/c1-16(12-8-9-20-10-12)14(17)7-6-11-4-2-3-5-13(11)15(18)19/h2-5,12H,6-10H2,1H3,(H,18,19). The number of carbonyl (C=O) groups is 2. The highest BCUT2D eigenvalue weighted by Gasteiger charge is 2.23. The van der Waals surface area contributed by atoms with Gasteiger partial charge in [-0.2, -0.15) is 11.8 Å². The predicted octanol–water partition coefficient (Wildman–Crippen LogP) is 2.28. The molecule has 1 aromatic rings. The number of hydrogen-bond acceptors (Lipinski definition) is 3. The number of aryl methyl sites for hydroxylation is 1. The van der Waals surface area contributed by atoms with Crippen LogP contribution in [0.25, 0.3) is 0 Å². The number of carboxylic acid groups (broad SMARTS) is 1. The van der Waals surface area contributed by atoms with Crippen LogP contribution in [0.3, 0.4) is 0 Å². The lowest BCUT2D eigenvalue weighted by atomic mass is 10.0. The highest BCUT2D eigenvalue weighted by molar-refractivity contribution is 7.99. The fourth-order valence-electron chi connectivity index (χ4n) is 2.40. The van der Waals surface area contributed by atoms with Crippen LogP contribution in [0.1, 0.15) is 28.8 Å². The van der Waals surface area contributed by atoms with E-state index in [1.54, 1.807) is 18.2 Å². The topological polar surface area (TPSA) is 57.6 Å². The van der Waals surface area contributed by atoms with E-state index in [4.69, 9.17) is 5.11 Å². The molecule has 1 aromatic carbocycles. The number of nitrogens with zero attached hydrogens (tertiary/aromatic N) is 1. The van der Waals surface area contributed by atoms with E-state index in [0.29, 0.717) is 24.4 Å². The molecule has 0 aromatic heterocycles. The molecule has 0 saturated carbocycles. The summed E-state index contributed by atoms with van der Waals surface area (Å²) in [5.74, 6) is 1.28. The number of carbonyl (C=O) groups excluding carboxylic acids is 1. The molecule has 20 heavy (non-hydrogen) atoms. The maximum absolute atomic E-state index is 12.2. The van der Waals surface area contributed by atoms with Gasteiger partial charge in [0.2, 0.25) is 5.91 Å². The van der Waals surface area contributed by atoms with Crippen LogP contribution in [-0.4, -0.2) is 46.5 Å². The average Bonchev–Trinajstić information content (AvgIpc) is 2.98. The molecule has 4 nitrogen and oxygen atoms in total. The summed E-state index contributed by atoms with van der Waals surface area (Å²) in [6.07, 6.45) is 1.89. The molecule has 0 aliphatic carbocycles. The molecule has 1 fully saturated rings. The highest BCUT2D eigenvalue weighted by atomic mass is 32.2. The summed E-state index contributed by atoms with van der Waals surface area (Å²) in [5, 5.41) is 9.11. The van der Waals surface area contributed by atoms with Crippen LogP contribution in [-0.2, 0) is 11.2 Å². The minimum absolute atomic E-state index is 0.0951. The van der Waals surface area contributed by atoms with Gasteiger partial charge >= 0.3 is 5.97 Å². The van der Waals surface area contributed by atoms with Crippen molar-refractivity contribution in [2.45, 2.75) is 25.3 Å². The zero-order chi connectivity index (χ0) is 14.5. The number of benzene rings is 1. The number of hydrogen-bond donors (Lipinski definition) is 1. The van der Waals surface area contributed by atoms with Crippen LogP contribution in [0.5, 0.6) is 0 Å². The molecule has 1 N–H and O–H groups in total. The molecule has 0 radical (unpaired) electrons. The van der Waals surface area contributed by atoms with Gasteiger partial charge in [0.05, 0.1) is 5.56 Å². The van der Waals surface area contributed by atoms with Crippen molar-refractivity contribution in [2.75, 3.05) is 18.6 Å². The van der Waals surface area contributed by atoms with E-state index >= 15 is 0 Å². The third-order valence-electron chi connectivity index (χ3n) is 3.70. The van der Waals surface area contributed by atoms with Crippen molar-refractivity contribution >= 4 is 23.6 Å². The smallest absolute Gasteiger partial charge is 0.335 e. The first-order valence-electron chi connectivity index (χ1n) is 6.74. The van der Waals surface area contributed by atoms with Gasteiger partial charge in [-0.05, 0) is 30.2 Å². The zero-order valence-corrected chi connectivity index (χ0v) is 12.4. The minimum Gasteiger partial charge on any atom is -0.478 e. The Morgan fingerprint density at radius 1 is 1.40 bits per heavy atom. The summed E-state index contributed by atoms with van der Waals surface area (Å²) in [7, 11) is 1.85. The third kappa shape index (κ3) is 3.54. The monoisotopic (exact) mass is 293 g/mol. The first-order valence-corrected chi connectivity index (χ1v) is 7.89. The molecule has 0 bridgehead atoms. The Hall–Kier alpha value is -1.49. The molecule has 1 aliphatic rings. The molecule has 1 aliphatic heterocycles. The van der Waals surface area contributed by atoms with Crippen molar-refractivity contribution in [2.24, 2.45) is 0 Å². The van der Waals surface area contributed by atoms with Crippen molar-refractivity contribution < 1.29 is 14.7 Å². The third-order valence-corrected chi connectivity index (χ3v) is 4.85. The van der Waals surface area contributed by atoms with Crippen molar-refractivity contribution in [1.29, 1.82) is 0 Å². The Bertz CT molecular complexity index is 498. The lowest BCUT2D eigenvalue weighted by molar-refractivity contribution is -0.131. The lowest BCUT2D eigenvalue weighted by Crippen LogP contribution is -2.37. The predicted molar refractivity (Wildman–Crippen MR) is 80.2 cm³/mol. The second-order valence-electron chi connectivity index (χ2n) is 4.98. The summed E-state index contributed by atoms with van der Waals surface area (Å²) in [6, 6.07) is 7.21. The lowest BCUT2D eigenvalue weighted by Gasteiger charge is -2.23. The molecule has 0 spiro atoms. The molecule has 1 atom stereocenters. The highest BCUT2D eigenvalue weighted by Crippen LogP contribution is 2.22. The molecule has 108 valence electrons. The van der Waals surface area contributed by atoms with Crippen LogP contribution < -0.4 is 0 Å². The van der Waals surface area contributed by atoms with Crippen molar-refractivity contribution in [3.05, 3.63) is 35.4 Å². The second-order valence-corrected chi connectivity index (χ2v) is 6.13. The molecular weight excluding hydrogens is 274 g/mol. The number of thioether (sulfide) groups is 1. The SMILES string of the molecule is CN(C(=O)CCc1ccccc1C(=O)O)C1CCSC1. The van der Waals surface area contributed by atoms with Crippen molar-refractivity contribution in [3.63, 3.8) is 0 Å². The van der Waals surface area contributed by atoms with Crippen LogP contribution in [0, 0.1) is 0 Å². The Morgan fingerprint density at radius 2 is 2.15 bits per heavy atom. The molecule has 1 amide bonds. The van der Waals surface area contributed by atoms with Gasteiger partial charge in [0, 0.05) is 25.3 Å². The van der Waals surface area contributed by atoms with Gasteiger partial charge in [0.1, 0.15) is 0 Å². The molecule has 2 rings (SSSR count). The largest absolute Gasteiger partial charge is 0.478 e. The van der Waals surface area contributed by atoms with Crippen LogP contribution in [0.4, 0.5) is 0 Å². The Balaban J connectivity index is 1.94. The number of rotatable bonds is 5. The van der Waals surface area contributed by atoms with E-state index in [0.717, 1.165) is 23.5 Å². The Labute approximate surface area is 123 Å². The normalized spacial score (nSPS) is 17.9. The summed E-state index contributed by atoms with van der Waals surface area (Å²) < 4.78 is 0. The van der Waals surface area contributed by atoms with E-state index in [2.05, 4.69) is 0 Å². The van der Waals surface area contributed by atoms with Crippen molar-refractivity contribution in [1.82, 2.24) is 4.90 Å². The van der Waals surface area contributed by atoms with E-state index in [9.17, 15) is 9.59 Å². The van der Waals surface area contributed by atoms with Crippen molar-refractivity contribution in [3.8, 4) is 0 Å². The van der Waals surface area contributed by atoms with Gasteiger partial charge in [0.25, 0.3) is 0 Å². The van der Waals surface area contributed by atoms with Gasteiger partial charge in [-0.15, -0.1) is 0 Å². The Kier molecular flexibility index (Phi) is 5.06. The summed E-state index contributed by atoms with van der Waals surface area (Å²) in [4.78, 5) is 25.1. The van der Waals surface area contributed by atoms with E-state index in [1.165, 1.54) is 0 Å². The summed E-state index contributed by atoms with van der Waals surface area (Å²) >= 11 is 1.88. The Morgan fingerprint density at radius 3 is 2.80 bits per heavy atom. The van der Waals surface area contributed by atoms with E-state index < -0.39 is 5.97 Å². The van der Waals surface area contributed by atoms with Gasteiger partial charge in [-0.1, -0.05) is 18.2 Å². The van der Waals surface area contributed by atoms with Gasteiger partial charge in [0.15, 0.2) is 0 Å². The molecular formula is C15H19NO3S. The van der Waals surface area contributed by atoms with Crippen LogP contribution >= 0.6 is 11.8 Å². The summed E-state index contributed by atoms with van der Waals surface area (Å²) in [5.41, 5.74) is 1.02. The fraction of sp³-hybridized carbons (Fsp3) is 0.467. The fourth-order valence-corrected chi connectivity index (χ4v) is 3.66. The van der Waals surface area contributed by atoms with Crippen LogP contribution in [0.15, 0.2) is 24.3 Å². The van der Waals surface area contributed by atoms with Gasteiger partial charge < -0.3 is 10.0 Å². The van der Waals surface area contributed by atoms with Crippen LogP contribution in [0.2, 0.25) is 0 Å².